The summed E-state index contributed by atoms with van der Waals surface area (Å²) in [5, 5.41) is 11.5. The largest absolute Gasteiger partial charge is 0.311 e. The zero-order chi connectivity index (χ0) is 5.82. The number of nitrogens with one attached hydrogen (secondary N) is 2. The number of amides is 1. The molecule has 0 aliphatic rings. The van der Waals surface area contributed by atoms with Crippen LogP contribution < -0.4 is 5.32 Å². The van der Waals surface area contributed by atoms with Crippen LogP contribution in [-0.4, -0.2) is 21.8 Å². The highest BCUT2D eigenvalue weighted by Gasteiger charge is 1.86. The summed E-state index contributed by atoms with van der Waals surface area (Å²) < 4.78 is 0. The quantitative estimate of drug-likeness (QED) is 0.500. The van der Waals surface area contributed by atoms with Gasteiger partial charge >= 0.3 is 0 Å². The van der Waals surface area contributed by atoms with Crippen molar-refractivity contribution in [1.82, 2.24) is 15.4 Å². The van der Waals surface area contributed by atoms with Gasteiger partial charge in [0.1, 0.15) is 0 Å². The molecule has 1 heterocycles. The molecule has 8 heavy (non-hydrogen) atoms. The average molecular weight is 112 g/mol. The maximum Gasteiger partial charge on any atom is 0.212 e. The molecular weight excluding hydrogens is 108 g/mol. The Labute approximate surface area is 45.1 Å². The number of carbonyl (C=O) groups is 1. The maximum atomic E-state index is 9.68. The molecule has 0 saturated heterocycles. The van der Waals surface area contributed by atoms with E-state index in [2.05, 4.69) is 20.7 Å². The summed E-state index contributed by atoms with van der Waals surface area (Å²) in [6, 6.07) is 0. The fourth-order valence-electron chi connectivity index (χ4n) is 0.333. The lowest BCUT2D eigenvalue weighted by Crippen LogP contribution is -1.92. The summed E-state index contributed by atoms with van der Waals surface area (Å²) in [6.07, 6.45) is 2.02. The van der Waals surface area contributed by atoms with E-state index in [-0.39, 0.29) is 0 Å². The van der Waals surface area contributed by atoms with Crippen LogP contribution >= 0.6 is 0 Å². The number of H-pyrrole nitrogens is 1. The molecule has 0 fully saturated rings. The molecule has 0 aromatic carbocycles. The van der Waals surface area contributed by atoms with Crippen molar-refractivity contribution >= 4 is 12.2 Å². The number of rotatable bonds is 2. The minimum atomic E-state index is 0.431. The van der Waals surface area contributed by atoms with Crippen molar-refractivity contribution in [3.05, 3.63) is 6.20 Å². The smallest absolute Gasteiger partial charge is 0.212 e. The summed E-state index contributed by atoms with van der Waals surface area (Å²) in [5.74, 6) is 0.431. The predicted molar refractivity (Wildman–Crippen MR) is 26.1 cm³/mol. The Hall–Kier alpha value is -1.39. The van der Waals surface area contributed by atoms with Crippen molar-refractivity contribution in [2.45, 2.75) is 0 Å². The first-order valence-corrected chi connectivity index (χ1v) is 2.00. The molecule has 42 valence electrons. The Morgan fingerprint density at radius 3 is 3.25 bits per heavy atom. The number of aromatic nitrogens is 3. The molecule has 0 spiro atoms. The third-order valence-electron chi connectivity index (χ3n) is 0.624. The van der Waals surface area contributed by atoms with E-state index >= 15 is 0 Å². The number of hydrogen-bond donors (Lipinski definition) is 2. The van der Waals surface area contributed by atoms with E-state index < -0.39 is 0 Å². The topological polar surface area (TPSA) is 70.7 Å². The molecular formula is C3H4N4O. The van der Waals surface area contributed by atoms with E-state index in [0.29, 0.717) is 12.2 Å². The van der Waals surface area contributed by atoms with Crippen LogP contribution in [0.4, 0.5) is 5.82 Å². The van der Waals surface area contributed by atoms with Crippen LogP contribution in [0, 0.1) is 0 Å². The summed E-state index contributed by atoms with van der Waals surface area (Å²) in [6.45, 7) is 0. The fourth-order valence-corrected chi connectivity index (χ4v) is 0.333. The van der Waals surface area contributed by atoms with Gasteiger partial charge in [0.15, 0.2) is 5.82 Å². The highest BCUT2D eigenvalue weighted by Crippen LogP contribution is 1.90. The number of carbonyl (C=O) groups excluding carboxylic acids is 1. The Kier molecular flexibility index (Phi) is 1.23. The van der Waals surface area contributed by atoms with Crippen molar-refractivity contribution in [2.24, 2.45) is 0 Å². The Morgan fingerprint density at radius 1 is 1.88 bits per heavy atom. The second-order valence-electron chi connectivity index (χ2n) is 1.12. The zero-order valence-electron chi connectivity index (χ0n) is 3.96. The van der Waals surface area contributed by atoms with Crippen LogP contribution in [0.3, 0.4) is 0 Å². The van der Waals surface area contributed by atoms with Crippen molar-refractivity contribution in [2.75, 3.05) is 5.32 Å². The molecule has 1 rings (SSSR count). The molecule has 0 aliphatic heterocycles. The average Bonchev–Trinajstić information content (AvgIpc) is 2.19. The van der Waals surface area contributed by atoms with Crippen molar-refractivity contribution in [3.63, 3.8) is 0 Å². The van der Waals surface area contributed by atoms with Crippen LogP contribution in [0.5, 0.6) is 0 Å². The Balaban J connectivity index is 2.62. The standard InChI is InChI=1S/C3H4N4O/c8-2-4-3-1-5-7-6-3/h1-2H,(H2,4,5,6,7,8). The Bertz CT molecular complexity index is 158. The van der Waals surface area contributed by atoms with Crippen LogP contribution in [0.15, 0.2) is 6.20 Å². The normalized spacial score (nSPS) is 8.50. The SMILES string of the molecule is O=CNc1c[nH]nn1. The minimum absolute atomic E-state index is 0.431. The van der Waals surface area contributed by atoms with E-state index in [9.17, 15) is 4.79 Å². The van der Waals surface area contributed by atoms with E-state index in [0.717, 1.165) is 0 Å². The second kappa shape index (κ2) is 2.06. The molecule has 0 radical (unpaired) electrons. The third-order valence-corrected chi connectivity index (χ3v) is 0.624. The Morgan fingerprint density at radius 2 is 2.75 bits per heavy atom. The molecule has 0 aliphatic carbocycles. The van der Waals surface area contributed by atoms with Gasteiger partial charge in [0.2, 0.25) is 6.41 Å². The predicted octanol–water partition coefficient (Wildman–Crippen LogP) is -0.627. The van der Waals surface area contributed by atoms with Gasteiger partial charge in [-0.15, -0.1) is 5.10 Å². The fraction of sp³-hybridized carbons (Fsp3) is 0. The van der Waals surface area contributed by atoms with Crippen LogP contribution in [0.1, 0.15) is 0 Å². The van der Waals surface area contributed by atoms with Crippen molar-refractivity contribution in [3.8, 4) is 0 Å². The zero-order valence-corrected chi connectivity index (χ0v) is 3.96. The van der Waals surface area contributed by atoms with E-state index in [1.165, 1.54) is 6.20 Å². The lowest BCUT2D eigenvalue weighted by atomic mass is 10.8. The van der Waals surface area contributed by atoms with Gasteiger partial charge < -0.3 is 5.32 Å². The molecule has 5 nitrogen and oxygen atoms in total. The lowest BCUT2D eigenvalue weighted by molar-refractivity contribution is -0.105. The summed E-state index contributed by atoms with van der Waals surface area (Å²) in [4.78, 5) is 9.68. The maximum absolute atomic E-state index is 9.68. The molecule has 0 unspecified atom stereocenters. The highest BCUT2D eigenvalue weighted by molar-refractivity contribution is 5.67. The molecule has 1 aromatic rings. The molecule has 1 aromatic heterocycles. The monoisotopic (exact) mass is 112 g/mol. The molecule has 2 N–H and O–H groups in total. The van der Waals surface area contributed by atoms with E-state index in [1.807, 2.05) is 0 Å². The van der Waals surface area contributed by atoms with Gasteiger partial charge in [0, 0.05) is 0 Å². The van der Waals surface area contributed by atoms with Crippen LogP contribution in [-0.2, 0) is 4.79 Å². The molecule has 0 atom stereocenters. The third kappa shape index (κ3) is 0.810. The van der Waals surface area contributed by atoms with Crippen LogP contribution in [0.25, 0.3) is 0 Å². The summed E-state index contributed by atoms with van der Waals surface area (Å²) in [7, 11) is 0. The second-order valence-corrected chi connectivity index (χ2v) is 1.12. The number of nitrogens with zero attached hydrogens (tertiary/aromatic N) is 2. The van der Waals surface area contributed by atoms with Gasteiger partial charge in [-0.1, -0.05) is 5.21 Å². The summed E-state index contributed by atoms with van der Waals surface area (Å²) in [5.41, 5.74) is 0. The van der Waals surface area contributed by atoms with Gasteiger partial charge in [-0.05, 0) is 0 Å². The summed E-state index contributed by atoms with van der Waals surface area (Å²) >= 11 is 0. The van der Waals surface area contributed by atoms with Crippen molar-refractivity contribution in [1.29, 1.82) is 0 Å². The van der Waals surface area contributed by atoms with Gasteiger partial charge in [0.25, 0.3) is 0 Å². The first-order chi connectivity index (χ1) is 3.93. The van der Waals surface area contributed by atoms with Gasteiger partial charge in [0.05, 0.1) is 6.20 Å². The molecule has 0 saturated carbocycles. The van der Waals surface area contributed by atoms with Gasteiger partial charge in [-0.25, -0.2) is 0 Å². The highest BCUT2D eigenvalue weighted by atomic mass is 16.1. The van der Waals surface area contributed by atoms with Crippen LogP contribution in [0.2, 0.25) is 0 Å². The molecule has 0 bridgehead atoms. The first kappa shape index (κ1) is 4.76. The first-order valence-electron chi connectivity index (χ1n) is 2.00. The number of hydrogen-bond acceptors (Lipinski definition) is 3. The van der Waals surface area contributed by atoms with Gasteiger partial charge in [-0.2, -0.15) is 0 Å². The minimum Gasteiger partial charge on any atom is -0.311 e. The molecule has 1 amide bonds. The lowest BCUT2D eigenvalue weighted by Gasteiger charge is -1.81. The number of anilines is 1. The van der Waals surface area contributed by atoms with E-state index in [4.69, 9.17) is 0 Å². The van der Waals surface area contributed by atoms with E-state index in [1.54, 1.807) is 0 Å². The number of aromatic amines is 1. The van der Waals surface area contributed by atoms with Gasteiger partial charge in [-0.3, -0.25) is 9.89 Å². The van der Waals surface area contributed by atoms with Crippen molar-refractivity contribution < 1.29 is 4.79 Å². The molecule has 5 heteroatoms.